The van der Waals surface area contributed by atoms with Gasteiger partial charge in [-0.2, -0.15) is 4.99 Å². The van der Waals surface area contributed by atoms with Crippen molar-refractivity contribution in [2.45, 2.75) is 76.5 Å². The number of amides is 3. The topological polar surface area (TPSA) is 147 Å². The third-order valence-electron chi connectivity index (χ3n) is 8.54. The predicted molar refractivity (Wildman–Crippen MR) is 179 cm³/mol. The van der Waals surface area contributed by atoms with Gasteiger partial charge in [0.15, 0.2) is 5.54 Å². The van der Waals surface area contributed by atoms with Crippen molar-refractivity contribution in [2.75, 3.05) is 13.1 Å². The molecule has 0 spiro atoms. The largest absolute Gasteiger partial charge is 0.580 e. The first-order valence-electron chi connectivity index (χ1n) is 15.8. The molecule has 46 heavy (non-hydrogen) atoms. The van der Waals surface area contributed by atoms with Crippen molar-refractivity contribution in [1.82, 2.24) is 15.5 Å². The molecule has 242 valence electrons. The van der Waals surface area contributed by atoms with E-state index in [1.165, 1.54) is 6.92 Å². The highest BCUT2D eigenvalue weighted by atomic mass is 16.6. The molecule has 3 aromatic carbocycles. The maximum atomic E-state index is 14.2. The number of rotatable bonds is 8. The fourth-order valence-corrected chi connectivity index (χ4v) is 6.17. The maximum absolute atomic E-state index is 14.2. The predicted octanol–water partition coefficient (Wildman–Crippen LogP) is 4.68. The molecule has 1 aliphatic carbocycles. The summed E-state index contributed by atoms with van der Waals surface area (Å²) in [4.78, 5) is 46.4. The van der Waals surface area contributed by atoms with Gasteiger partial charge in [-0.15, -0.1) is 0 Å². The van der Waals surface area contributed by atoms with E-state index in [0.717, 1.165) is 21.9 Å². The van der Waals surface area contributed by atoms with Crippen molar-refractivity contribution in [2.24, 2.45) is 10.9 Å². The first kappa shape index (κ1) is 32.7. The Morgan fingerprint density at radius 2 is 1.76 bits per heavy atom. The third-order valence-corrected chi connectivity index (χ3v) is 8.54. The minimum absolute atomic E-state index is 0.0230. The van der Waals surface area contributed by atoms with Crippen LogP contribution < -0.4 is 10.6 Å². The van der Waals surface area contributed by atoms with E-state index in [2.05, 4.69) is 15.6 Å². The Hall–Kier alpha value is -4.73. The van der Waals surface area contributed by atoms with Crippen molar-refractivity contribution >= 4 is 40.4 Å². The molecule has 0 aromatic heterocycles. The molecule has 0 bridgehead atoms. The molecule has 1 saturated carbocycles. The van der Waals surface area contributed by atoms with E-state index in [0.29, 0.717) is 25.8 Å². The number of fused-ring (bicyclic) bond motifs is 1. The van der Waals surface area contributed by atoms with Crippen LogP contribution in [-0.2, 0) is 20.7 Å². The van der Waals surface area contributed by atoms with Gasteiger partial charge in [0.2, 0.25) is 11.8 Å². The van der Waals surface area contributed by atoms with Crippen molar-refractivity contribution in [3.63, 3.8) is 0 Å². The number of piperidine rings is 1. The molecule has 1 saturated heterocycles. The summed E-state index contributed by atoms with van der Waals surface area (Å²) in [7, 11) is 0. The van der Waals surface area contributed by atoms with Crippen LogP contribution >= 0.6 is 0 Å². The highest BCUT2D eigenvalue weighted by molar-refractivity contribution is 6.02. The van der Waals surface area contributed by atoms with E-state index in [1.54, 1.807) is 25.7 Å². The van der Waals surface area contributed by atoms with Gasteiger partial charge >= 0.3 is 12.0 Å². The van der Waals surface area contributed by atoms with Crippen LogP contribution in [0.3, 0.4) is 0 Å². The minimum atomic E-state index is -1.09. The van der Waals surface area contributed by atoms with Gasteiger partial charge in [0.05, 0.1) is 5.92 Å². The zero-order valence-electron chi connectivity index (χ0n) is 26.9. The summed E-state index contributed by atoms with van der Waals surface area (Å²) in [5, 5.41) is 24.8. The lowest BCUT2D eigenvalue weighted by Gasteiger charge is -2.34. The van der Waals surface area contributed by atoms with E-state index in [4.69, 9.17) is 15.3 Å². The van der Waals surface area contributed by atoms with Crippen LogP contribution in [0, 0.1) is 11.3 Å². The Kier molecular flexibility index (Phi) is 9.46. The summed E-state index contributed by atoms with van der Waals surface area (Å²) in [6.45, 7) is 7.62. The second kappa shape index (κ2) is 13.3. The number of benzene rings is 3. The molecule has 10 nitrogen and oxygen atoms in total. The summed E-state index contributed by atoms with van der Waals surface area (Å²) in [5.74, 6) is -1.54. The van der Waals surface area contributed by atoms with E-state index >= 15 is 0 Å². The fourth-order valence-electron chi connectivity index (χ4n) is 6.17. The van der Waals surface area contributed by atoms with Crippen molar-refractivity contribution in [1.29, 1.82) is 5.41 Å². The summed E-state index contributed by atoms with van der Waals surface area (Å²) < 4.78 is 5.54. The normalized spacial score (nSPS) is 22.1. The number of likely N-dealkylation sites (tertiary alicyclic amines) is 1. The maximum Gasteiger partial charge on any atom is 0.410 e. The highest BCUT2D eigenvalue weighted by Gasteiger charge is 2.64. The smallest absolute Gasteiger partial charge is 0.410 e. The van der Waals surface area contributed by atoms with Crippen LogP contribution in [0.15, 0.2) is 77.8 Å². The number of hydrogen-bond acceptors (Lipinski definition) is 5. The van der Waals surface area contributed by atoms with Crippen LogP contribution in [0.5, 0.6) is 0 Å². The van der Waals surface area contributed by atoms with E-state index < -0.39 is 35.1 Å². The SMILES string of the molecule is CC(=N)N=C([OH2+])C1(NC(=O)C(Cc2ccc3ccccc3c2)NC(=O)[C@@H]2CCCN(C(=O)OC(C)(C)C)C2)CC1c1ccccc1. The zero-order chi connectivity index (χ0) is 33.1. The number of nitrogens with one attached hydrogen (secondary N) is 3. The molecule has 3 unspecified atom stereocenters. The molecule has 2 aliphatic rings. The quantitative estimate of drug-likeness (QED) is 0.189. The molecule has 0 radical (unpaired) electrons. The van der Waals surface area contributed by atoms with Gasteiger partial charge in [-0.25, -0.2) is 4.79 Å². The Labute approximate surface area is 269 Å². The van der Waals surface area contributed by atoms with E-state index in [-0.39, 0.29) is 36.5 Å². The Morgan fingerprint density at radius 3 is 2.46 bits per heavy atom. The van der Waals surface area contributed by atoms with Gasteiger partial charge in [0.1, 0.15) is 17.5 Å². The van der Waals surface area contributed by atoms with E-state index in [9.17, 15) is 14.4 Å². The van der Waals surface area contributed by atoms with Crippen LogP contribution in [-0.4, -0.2) is 69.9 Å². The number of ether oxygens (including phenoxy) is 1. The molecule has 5 N–H and O–H groups in total. The van der Waals surface area contributed by atoms with Crippen LogP contribution in [0.1, 0.15) is 64.0 Å². The monoisotopic (exact) mass is 626 g/mol. The third kappa shape index (κ3) is 7.73. The number of carbonyl (C=O) groups excluding carboxylic acids is 3. The lowest BCUT2D eigenvalue weighted by Crippen LogP contribution is -2.56. The average Bonchev–Trinajstić information content (AvgIpc) is 3.75. The van der Waals surface area contributed by atoms with Crippen LogP contribution in [0.2, 0.25) is 0 Å². The first-order chi connectivity index (χ1) is 21.8. The van der Waals surface area contributed by atoms with Gasteiger partial charge in [-0.1, -0.05) is 72.8 Å². The number of amidine groups is 1. The standard InChI is InChI=1S/C36H43N5O5/c1-23(37)38-33(44)36(21-29(36)26-12-6-5-7-13-26)40-32(43)30(20-24-16-17-25-11-8-9-14-27(25)19-24)39-31(42)28-15-10-18-41(22-28)34(45)46-35(2,3)4/h5-9,11-14,16-17,19,28-30H,10,15,18,20-22H2,1-4H3,(H,39,42)(H,40,43)(H2,37,38,44)/p+1/t28-,29?,30?,36?/m1/s1. The van der Waals surface area contributed by atoms with E-state index in [1.807, 2.05) is 72.8 Å². The second-order valence-corrected chi connectivity index (χ2v) is 13.4. The zero-order valence-corrected chi connectivity index (χ0v) is 26.9. The van der Waals surface area contributed by atoms with Crippen molar-refractivity contribution < 1.29 is 24.2 Å². The van der Waals surface area contributed by atoms with Crippen molar-refractivity contribution in [3.05, 3.63) is 83.9 Å². The average molecular weight is 627 g/mol. The minimum Gasteiger partial charge on any atom is -0.580 e. The molecule has 1 aliphatic heterocycles. The number of carbonyl (C=O) groups is 3. The molecule has 2 fully saturated rings. The number of aliphatic imine (C=N–C) groups is 1. The molecule has 10 heteroatoms. The summed E-state index contributed by atoms with van der Waals surface area (Å²) >= 11 is 0. The summed E-state index contributed by atoms with van der Waals surface area (Å²) in [5.41, 5.74) is 0.0932. The number of hydrogen-bond donors (Lipinski definition) is 3. The molecule has 3 amide bonds. The van der Waals surface area contributed by atoms with Gasteiger partial charge in [0, 0.05) is 25.4 Å². The molecule has 4 atom stereocenters. The van der Waals surface area contributed by atoms with Crippen LogP contribution in [0.25, 0.3) is 10.8 Å². The van der Waals surface area contributed by atoms with Gasteiger partial charge < -0.3 is 25.4 Å². The molecular weight excluding hydrogens is 582 g/mol. The van der Waals surface area contributed by atoms with Gasteiger partial charge in [0.25, 0.3) is 0 Å². The van der Waals surface area contributed by atoms with Crippen molar-refractivity contribution in [3.8, 4) is 0 Å². The molecular formula is C36H44N5O5+. The molecule has 5 rings (SSSR count). The lowest BCUT2D eigenvalue weighted by atomic mass is 9.95. The Morgan fingerprint density at radius 1 is 1.07 bits per heavy atom. The first-order valence-corrected chi connectivity index (χ1v) is 15.8. The van der Waals surface area contributed by atoms with Gasteiger partial charge in [-0.3, -0.25) is 15.0 Å². The second-order valence-electron chi connectivity index (χ2n) is 13.4. The number of nitrogens with zero attached hydrogens (tertiary/aromatic N) is 2. The summed E-state index contributed by atoms with van der Waals surface area (Å²) in [6, 6.07) is 22.6. The fraction of sp³-hybridized carbons (Fsp3) is 0.417. The van der Waals surface area contributed by atoms with Crippen LogP contribution in [0.4, 0.5) is 4.79 Å². The highest BCUT2D eigenvalue weighted by Crippen LogP contribution is 2.52. The lowest BCUT2D eigenvalue weighted by molar-refractivity contribution is -0.132. The Balaban J connectivity index is 1.40. The van der Waals surface area contributed by atoms with Gasteiger partial charge in [-0.05, 0) is 68.9 Å². The summed E-state index contributed by atoms with van der Waals surface area (Å²) in [6.07, 6.45) is 1.45. The molecule has 3 aromatic rings. The molecule has 1 heterocycles. The Bertz CT molecular complexity index is 1650.